The van der Waals surface area contributed by atoms with E-state index in [4.69, 9.17) is 5.73 Å². The van der Waals surface area contributed by atoms with Crippen LogP contribution in [0.1, 0.15) is 33.6 Å². The van der Waals surface area contributed by atoms with E-state index < -0.39 is 9.84 Å². The van der Waals surface area contributed by atoms with Crippen molar-refractivity contribution in [3.05, 3.63) is 0 Å². The van der Waals surface area contributed by atoms with Crippen molar-refractivity contribution >= 4 is 9.84 Å². The Labute approximate surface area is 92.5 Å². The zero-order valence-electron chi connectivity index (χ0n) is 9.84. The van der Waals surface area contributed by atoms with Crippen molar-refractivity contribution in [2.45, 2.75) is 44.7 Å². The predicted octanol–water partition coefficient (Wildman–Crippen LogP) is 0.281. The highest BCUT2D eigenvalue weighted by Gasteiger charge is 2.37. The molecule has 0 bridgehead atoms. The normalized spacial score (nSPS) is 30.7. The Morgan fingerprint density at radius 1 is 1.47 bits per heavy atom. The third-order valence-electron chi connectivity index (χ3n) is 2.82. The first-order valence-electron chi connectivity index (χ1n) is 5.36. The average Bonchev–Trinajstić information content (AvgIpc) is 2.23. The SMILES string of the molecule is CC(C)(N)CCNC1(C)CCS(=O)(=O)C1. The summed E-state index contributed by atoms with van der Waals surface area (Å²) in [5.74, 6) is 0.563. The molecule has 1 rings (SSSR count). The Morgan fingerprint density at radius 3 is 2.47 bits per heavy atom. The van der Waals surface area contributed by atoms with Crippen LogP contribution in [-0.2, 0) is 9.84 Å². The fraction of sp³-hybridized carbons (Fsp3) is 1.00. The smallest absolute Gasteiger partial charge is 0.152 e. The summed E-state index contributed by atoms with van der Waals surface area (Å²) in [6.07, 6.45) is 1.56. The Hall–Kier alpha value is -0.130. The molecule has 90 valence electrons. The van der Waals surface area contributed by atoms with Gasteiger partial charge in [-0.15, -0.1) is 0 Å². The van der Waals surface area contributed by atoms with Gasteiger partial charge in [0.2, 0.25) is 0 Å². The molecule has 1 aliphatic heterocycles. The van der Waals surface area contributed by atoms with Gasteiger partial charge in [0.05, 0.1) is 11.5 Å². The van der Waals surface area contributed by atoms with Crippen LogP contribution in [0.25, 0.3) is 0 Å². The largest absolute Gasteiger partial charge is 0.326 e. The topological polar surface area (TPSA) is 72.2 Å². The molecule has 4 nitrogen and oxygen atoms in total. The molecule has 0 aliphatic carbocycles. The minimum Gasteiger partial charge on any atom is -0.326 e. The molecule has 1 fully saturated rings. The molecule has 0 aromatic heterocycles. The summed E-state index contributed by atoms with van der Waals surface area (Å²) in [6, 6.07) is 0. The molecule has 3 N–H and O–H groups in total. The molecular formula is C10H22N2O2S. The van der Waals surface area contributed by atoms with E-state index in [9.17, 15) is 8.42 Å². The number of hydrogen-bond donors (Lipinski definition) is 2. The molecule has 1 heterocycles. The van der Waals surface area contributed by atoms with Gasteiger partial charge in [0, 0.05) is 11.1 Å². The van der Waals surface area contributed by atoms with E-state index in [1.54, 1.807) is 0 Å². The maximum Gasteiger partial charge on any atom is 0.152 e. The lowest BCUT2D eigenvalue weighted by Gasteiger charge is -2.26. The van der Waals surface area contributed by atoms with Crippen LogP contribution in [-0.4, -0.2) is 37.5 Å². The van der Waals surface area contributed by atoms with Crippen LogP contribution in [0.3, 0.4) is 0 Å². The maximum absolute atomic E-state index is 11.3. The van der Waals surface area contributed by atoms with Crippen molar-refractivity contribution in [2.24, 2.45) is 5.73 Å². The highest BCUT2D eigenvalue weighted by molar-refractivity contribution is 7.91. The quantitative estimate of drug-likeness (QED) is 0.733. The van der Waals surface area contributed by atoms with Crippen LogP contribution in [0.2, 0.25) is 0 Å². The molecule has 0 aromatic rings. The van der Waals surface area contributed by atoms with Crippen LogP contribution in [0.5, 0.6) is 0 Å². The third-order valence-corrected chi connectivity index (χ3v) is 4.73. The molecule has 1 atom stereocenters. The molecule has 1 unspecified atom stereocenters. The summed E-state index contributed by atoms with van der Waals surface area (Å²) < 4.78 is 22.7. The van der Waals surface area contributed by atoms with Gasteiger partial charge in [-0.05, 0) is 40.2 Å². The van der Waals surface area contributed by atoms with Crippen molar-refractivity contribution < 1.29 is 8.42 Å². The van der Waals surface area contributed by atoms with Crippen LogP contribution in [0.15, 0.2) is 0 Å². The minimum absolute atomic E-state index is 0.194. The monoisotopic (exact) mass is 234 g/mol. The van der Waals surface area contributed by atoms with Crippen LogP contribution < -0.4 is 11.1 Å². The van der Waals surface area contributed by atoms with Gasteiger partial charge in [0.25, 0.3) is 0 Å². The second-order valence-corrected chi connectivity index (χ2v) is 7.75. The van der Waals surface area contributed by atoms with E-state index in [0.717, 1.165) is 13.0 Å². The lowest BCUT2D eigenvalue weighted by atomic mass is 9.99. The van der Waals surface area contributed by atoms with Gasteiger partial charge in [-0.1, -0.05) is 0 Å². The number of sulfone groups is 1. The van der Waals surface area contributed by atoms with Gasteiger partial charge >= 0.3 is 0 Å². The summed E-state index contributed by atoms with van der Waals surface area (Å²) in [7, 11) is -2.81. The first-order chi connectivity index (χ1) is 6.62. The van der Waals surface area contributed by atoms with Gasteiger partial charge in [-0.2, -0.15) is 0 Å². The van der Waals surface area contributed by atoms with E-state index in [0.29, 0.717) is 12.2 Å². The van der Waals surface area contributed by atoms with E-state index in [1.165, 1.54) is 0 Å². The lowest BCUT2D eigenvalue weighted by molar-refractivity contribution is 0.363. The van der Waals surface area contributed by atoms with Gasteiger partial charge in [0.1, 0.15) is 0 Å². The van der Waals surface area contributed by atoms with E-state index in [1.807, 2.05) is 20.8 Å². The zero-order chi connectivity index (χ0) is 11.7. The number of nitrogens with one attached hydrogen (secondary N) is 1. The van der Waals surface area contributed by atoms with Gasteiger partial charge in [0.15, 0.2) is 9.84 Å². The van der Waals surface area contributed by atoms with Gasteiger partial charge in [-0.25, -0.2) is 8.42 Å². The second kappa shape index (κ2) is 4.03. The molecule has 0 aromatic carbocycles. The molecule has 1 saturated heterocycles. The van der Waals surface area contributed by atoms with Crippen molar-refractivity contribution in [3.63, 3.8) is 0 Å². The zero-order valence-corrected chi connectivity index (χ0v) is 10.7. The van der Waals surface area contributed by atoms with E-state index in [-0.39, 0.29) is 16.8 Å². The van der Waals surface area contributed by atoms with E-state index >= 15 is 0 Å². The first-order valence-corrected chi connectivity index (χ1v) is 7.18. The summed E-state index contributed by atoms with van der Waals surface area (Å²) >= 11 is 0. The third kappa shape index (κ3) is 4.49. The molecule has 0 radical (unpaired) electrons. The fourth-order valence-corrected chi connectivity index (χ4v) is 3.96. The molecule has 0 amide bonds. The highest BCUT2D eigenvalue weighted by Crippen LogP contribution is 2.22. The second-order valence-electron chi connectivity index (χ2n) is 5.57. The number of nitrogens with two attached hydrogens (primary N) is 1. The molecule has 5 heteroatoms. The lowest BCUT2D eigenvalue weighted by Crippen LogP contribution is -2.46. The summed E-state index contributed by atoms with van der Waals surface area (Å²) in [5, 5.41) is 3.31. The summed E-state index contributed by atoms with van der Waals surface area (Å²) in [4.78, 5) is 0. The molecule has 0 saturated carbocycles. The van der Waals surface area contributed by atoms with Crippen LogP contribution in [0, 0.1) is 0 Å². The van der Waals surface area contributed by atoms with Gasteiger partial charge in [-0.3, -0.25) is 0 Å². The number of rotatable bonds is 4. The van der Waals surface area contributed by atoms with E-state index in [2.05, 4.69) is 5.32 Å². The average molecular weight is 234 g/mol. The standard InChI is InChI=1S/C10H22N2O2S/c1-9(2,11)4-6-12-10(3)5-7-15(13,14)8-10/h12H,4-8,11H2,1-3H3. The molecule has 15 heavy (non-hydrogen) atoms. The van der Waals surface area contributed by atoms with Gasteiger partial charge < -0.3 is 11.1 Å². The van der Waals surface area contributed by atoms with Crippen LogP contribution >= 0.6 is 0 Å². The molecular weight excluding hydrogens is 212 g/mol. The van der Waals surface area contributed by atoms with Crippen molar-refractivity contribution in [1.29, 1.82) is 0 Å². The van der Waals surface area contributed by atoms with Crippen molar-refractivity contribution in [2.75, 3.05) is 18.1 Å². The Kier molecular flexibility index (Phi) is 3.48. The first kappa shape index (κ1) is 12.9. The number of hydrogen-bond acceptors (Lipinski definition) is 4. The Bertz CT molecular complexity index is 319. The summed E-state index contributed by atoms with van der Waals surface area (Å²) in [5.41, 5.74) is 5.42. The van der Waals surface area contributed by atoms with Crippen molar-refractivity contribution in [3.8, 4) is 0 Å². The predicted molar refractivity (Wildman–Crippen MR) is 62.6 cm³/mol. The van der Waals surface area contributed by atoms with Crippen LogP contribution in [0.4, 0.5) is 0 Å². The van der Waals surface area contributed by atoms with Crippen molar-refractivity contribution in [1.82, 2.24) is 5.32 Å². The molecule has 0 spiro atoms. The highest BCUT2D eigenvalue weighted by atomic mass is 32.2. The maximum atomic E-state index is 11.3. The summed E-state index contributed by atoms with van der Waals surface area (Å²) in [6.45, 7) is 6.70. The fourth-order valence-electron chi connectivity index (χ4n) is 1.84. The minimum atomic E-state index is -2.81. The molecule has 1 aliphatic rings. The Morgan fingerprint density at radius 2 is 2.07 bits per heavy atom. The Balaban J connectivity index is 2.40.